The van der Waals surface area contributed by atoms with Gasteiger partial charge in [-0.2, -0.15) is 0 Å². The van der Waals surface area contributed by atoms with Crippen LogP contribution in [0.2, 0.25) is 0 Å². The zero-order valence-electron chi connectivity index (χ0n) is 18.8. The van der Waals surface area contributed by atoms with Crippen molar-refractivity contribution >= 4 is 21.5 Å². The summed E-state index contributed by atoms with van der Waals surface area (Å²) in [7, 11) is 2.15. The molecular weight excluding hydrogens is 366 g/mol. The van der Waals surface area contributed by atoms with E-state index in [-0.39, 0.29) is 0 Å². The first-order chi connectivity index (χ1) is 14.4. The van der Waals surface area contributed by atoms with E-state index in [4.69, 9.17) is 4.74 Å². The zero-order valence-corrected chi connectivity index (χ0v) is 18.8. The summed E-state index contributed by atoms with van der Waals surface area (Å²) < 4.78 is 9.06. The van der Waals surface area contributed by atoms with Crippen LogP contribution in [-0.2, 0) is 13.5 Å². The van der Waals surface area contributed by atoms with Gasteiger partial charge in [0.15, 0.2) is 6.20 Å². The van der Waals surface area contributed by atoms with E-state index in [0.29, 0.717) is 11.8 Å². The molecule has 0 radical (unpaired) electrons. The van der Waals surface area contributed by atoms with Gasteiger partial charge in [0.1, 0.15) is 18.5 Å². The highest BCUT2D eigenvalue weighted by Crippen LogP contribution is 2.52. The van der Waals surface area contributed by atoms with E-state index in [0.717, 1.165) is 17.9 Å². The lowest BCUT2D eigenvalue weighted by Gasteiger charge is -2.27. The molecule has 3 aromatic carbocycles. The number of aromatic nitrogens is 1. The van der Waals surface area contributed by atoms with Crippen LogP contribution in [0.25, 0.3) is 32.8 Å². The lowest BCUT2D eigenvalue weighted by molar-refractivity contribution is -0.659. The number of rotatable bonds is 3. The van der Waals surface area contributed by atoms with Crippen LogP contribution in [0.3, 0.4) is 0 Å². The van der Waals surface area contributed by atoms with E-state index in [2.05, 4.69) is 94.9 Å². The van der Waals surface area contributed by atoms with E-state index >= 15 is 0 Å². The Morgan fingerprint density at radius 3 is 2.40 bits per heavy atom. The first kappa shape index (κ1) is 19.1. The van der Waals surface area contributed by atoms with Crippen LogP contribution in [0, 0.1) is 12.8 Å². The summed E-state index contributed by atoms with van der Waals surface area (Å²) in [5.74, 6) is 3.02. The molecular formula is C28H30NO+. The van der Waals surface area contributed by atoms with Crippen LogP contribution in [0.15, 0.2) is 48.7 Å². The number of nitrogens with zero attached hydrogens (tertiary/aromatic N) is 1. The predicted molar refractivity (Wildman–Crippen MR) is 126 cm³/mol. The highest BCUT2D eigenvalue weighted by atomic mass is 16.5. The minimum Gasteiger partial charge on any atom is -0.455 e. The highest BCUT2D eigenvalue weighted by molar-refractivity contribution is 6.06. The van der Waals surface area contributed by atoms with Crippen molar-refractivity contribution in [2.24, 2.45) is 13.0 Å². The lowest BCUT2D eigenvalue weighted by Crippen LogP contribution is -2.32. The normalized spacial score (nSPS) is 12.7. The number of hydrogen-bond donors (Lipinski definition) is 0. The van der Waals surface area contributed by atoms with Crippen molar-refractivity contribution in [1.82, 2.24) is 0 Å². The number of hydrogen-bond acceptors (Lipinski definition) is 1. The molecule has 5 rings (SSSR count). The van der Waals surface area contributed by atoms with Crippen LogP contribution in [0.4, 0.5) is 0 Å². The summed E-state index contributed by atoms with van der Waals surface area (Å²) in [5.41, 5.74) is 6.46. The van der Waals surface area contributed by atoms with Crippen LogP contribution in [-0.4, -0.2) is 0 Å². The van der Waals surface area contributed by atoms with Crippen molar-refractivity contribution in [3.8, 4) is 22.8 Å². The largest absolute Gasteiger partial charge is 0.455 e. The summed E-state index contributed by atoms with van der Waals surface area (Å²) in [6, 6.07) is 15.6. The zero-order chi connectivity index (χ0) is 21.2. The fraction of sp³-hybridized carbons (Fsp3) is 0.321. The van der Waals surface area contributed by atoms with Gasteiger partial charge in [-0.1, -0.05) is 58.0 Å². The quantitative estimate of drug-likeness (QED) is 0.293. The Bertz CT molecular complexity index is 1310. The number of ether oxygens (including phenoxy) is 1. The van der Waals surface area contributed by atoms with Crippen molar-refractivity contribution < 1.29 is 9.30 Å². The molecule has 0 atom stereocenters. The molecule has 0 N–H and O–H groups in total. The highest BCUT2D eigenvalue weighted by Gasteiger charge is 2.33. The van der Waals surface area contributed by atoms with E-state index in [1.807, 2.05) is 0 Å². The van der Waals surface area contributed by atoms with Gasteiger partial charge in [-0.15, -0.1) is 0 Å². The Hall–Kier alpha value is -2.87. The minimum atomic E-state index is 0.370. The molecule has 1 aliphatic heterocycles. The molecule has 0 unspecified atom stereocenters. The van der Waals surface area contributed by atoms with Gasteiger partial charge in [-0.25, -0.2) is 4.57 Å². The van der Waals surface area contributed by atoms with Crippen molar-refractivity contribution in [3.05, 3.63) is 65.4 Å². The maximum atomic E-state index is 6.79. The Balaban J connectivity index is 1.94. The number of pyridine rings is 1. The first-order valence-corrected chi connectivity index (χ1v) is 11.1. The molecule has 0 spiro atoms. The lowest BCUT2D eigenvalue weighted by atomic mass is 9.85. The van der Waals surface area contributed by atoms with Gasteiger partial charge in [0.25, 0.3) is 0 Å². The molecule has 2 nitrogen and oxygen atoms in total. The summed E-state index contributed by atoms with van der Waals surface area (Å²) in [6.07, 6.45) is 3.25. The second-order valence-corrected chi connectivity index (χ2v) is 9.48. The number of fused-ring (bicyclic) bond motifs is 3. The molecule has 152 valence electrons. The van der Waals surface area contributed by atoms with Gasteiger partial charge < -0.3 is 4.74 Å². The van der Waals surface area contributed by atoms with Gasteiger partial charge in [0.2, 0.25) is 5.69 Å². The molecule has 1 aliphatic rings. The predicted octanol–water partition coefficient (Wildman–Crippen LogP) is 7.22. The standard InChI is InChI=1S/C28H30NO/c1-16(2)13-19-14-20-11-12-29(6)27-25-18(5)21-9-7-8-10-22(21)24(17(3)4)28(25)30-23(15-19)26(20)27/h7-12,14-17H,13H2,1-6H3/q+1. The third kappa shape index (κ3) is 2.74. The summed E-state index contributed by atoms with van der Waals surface area (Å²) in [4.78, 5) is 0. The van der Waals surface area contributed by atoms with E-state index < -0.39 is 0 Å². The molecule has 2 heteroatoms. The molecule has 0 aliphatic carbocycles. The molecule has 1 aromatic heterocycles. The van der Waals surface area contributed by atoms with Crippen LogP contribution in [0.1, 0.15) is 50.3 Å². The maximum absolute atomic E-state index is 6.79. The van der Waals surface area contributed by atoms with Gasteiger partial charge >= 0.3 is 0 Å². The van der Waals surface area contributed by atoms with Crippen molar-refractivity contribution in [2.45, 2.75) is 47.0 Å². The van der Waals surface area contributed by atoms with Crippen molar-refractivity contribution in [1.29, 1.82) is 0 Å². The second kappa shape index (κ2) is 6.84. The van der Waals surface area contributed by atoms with Gasteiger partial charge in [-0.05, 0) is 58.5 Å². The Morgan fingerprint density at radius 2 is 1.70 bits per heavy atom. The minimum absolute atomic E-state index is 0.370. The average Bonchev–Trinajstić information content (AvgIpc) is 2.69. The van der Waals surface area contributed by atoms with Crippen LogP contribution < -0.4 is 9.30 Å². The summed E-state index contributed by atoms with van der Waals surface area (Å²) in [6.45, 7) is 11.3. The van der Waals surface area contributed by atoms with Crippen LogP contribution >= 0.6 is 0 Å². The Kier molecular flexibility index (Phi) is 4.36. The molecule has 30 heavy (non-hydrogen) atoms. The summed E-state index contributed by atoms with van der Waals surface area (Å²) >= 11 is 0. The molecule has 2 heterocycles. The maximum Gasteiger partial charge on any atom is 0.228 e. The van der Waals surface area contributed by atoms with Crippen LogP contribution in [0.5, 0.6) is 11.5 Å². The fourth-order valence-electron chi connectivity index (χ4n) is 5.18. The van der Waals surface area contributed by atoms with Crippen molar-refractivity contribution in [3.63, 3.8) is 0 Å². The first-order valence-electron chi connectivity index (χ1n) is 11.1. The monoisotopic (exact) mass is 396 g/mol. The third-order valence-corrected chi connectivity index (χ3v) is 6.40. The SMILES string of the molecule is Cc1c2c(c(C(C)C)c3ccccc13)Oc1cc(CC(C)C)cc3cc[n+](C)c-2c13. The summed E-state index contributed by atoms with van der Waals surface area (Å²) in [5, 5.41) is 5.12. The van der Waals surface area contributed by atoms with E-state index in [1.165, 1.54) is 49.5 Å². The van der Waals surface area contributed by atoms with E-state index in [1.54, 1.807) is 0 Å². The molecule has 4 aromatic rings. The molecule has 0 amide bonds. The number of benzene rings is 3. The second-order valence-electron chi connectivity index (χ2n) is 9.48. The topological polar surface area (TPSA) is 13.1 Å². The van der Waals surface area contributed by atoms with Crippen molar-refractivity contribution in [2.75, 3.05) is 0 Å². The van der Waals surface area contributed by atoms with Gasteiger partial charge in [0, 0.05) is 11.6 Å². The molecule has 0 fully saturated rings. The average molecular weight is 397 g/mol. The Labute approximate surface area is 179 Å². The Morgan fingerprint density at radius 1 is 0.967 bits per heavy atom. The van der Waals surface area contributed by atoms with E-state index in [9.17, 15) is 0 Å². The van der Waals surface area contributed by atoms with Gasteiger partial charge in [0.05, 0.1) is 10.9 Å². The number of aryl methyl sites for hydroxylation is 2. The third-order valence-electron chi connectivity index (χ3n) is 6.40. The fourth-order valence-corrected chi connectivity index (χ4v) is 5.18. The molecule has 0 bridgehead atoms. The molecule has 0 saturated carbocycles. The molecule has 0 saturated heterocycles. The smallest absolute Gasteiger partial charge is 0.228 e. The van der Waals surface area contributed by atoms with Gasteiger partial charge in [-0.3, -0.25) is 0 Å².